The Morgan fingerprint density at radius 1 is 1.18 bits per heavy atom. The molecule has 174 valence electrons. The van der Waals surface area contributed by atoms with Gasteiger partial charge in [-0.1, -0.05) is 6.42 Å². The van der Waals surface area contributed by atoms with E-state index in [2.05, 4.69) is 20.6 Å². The van der Waals surface area contributed by atoms with E-state index in [9.17, 15) is 14.0 Å². The summed E-state index contributed by atoms with van der Waals surface area (Å²) in [4.78, 5) is 32.9. The van der Waals surface area contributed by atoms with Crippen LogP contribution in [-0.4, -0.2) is 32.4 Å². The number of hydrogen-bond donors (Lipinski definition) is 2. The zero-order chi connectivity index (χ0) is 23.7. The molecule has 1 aliphatic carbocycles. The number of carbonyl (C=O) groups is 2. The first-order valence-corrected chi connectivity index (χ1v) is 11.4. The van der Waals surface area contributed by atoms with Crippen molar-refractivity contribution in [1.82, 2.24) is 19.9 Å². The molecule has 1 aliphatic rings. The van der Waals surface area contributed by atoms with Gasteiger partial charge in [0.2, 0.25) is 11.8 Å². The van der Waals surface area contributed by atoms with Crippen LogP contribution in [0.5, 0.6) is 0 Å². The molecule has 0 bridgehead atoms. The van der Waals surface area contributed by atoms with Crippen LogP contribution >= 0.6 is 0 Å². The van der Waals surface area contributed by atoms with Gasteiger partial charge in [0.25, 0.3) is 0 Å². The van der Waals surface area contributed by atoms with Crippen LogP contribution in [0.2, 0.25) is 0 Å². The molecule has 2 heterocycles. The maximum absolute atomic E-state index is 14.8. The molecular formula is C25H30FN5O2. The lowest BCUT2D eigenvalue weighted by Gasteiger charge is -2.28. The van der Waals surface area contributed by atoms with E-state index in [1.807, 2.05) is 31.4 Å². The van der Waals surface area contributed by atoms with Crippen LogP contribution in [0.15, 0.2) is 30.7 Å². The van der Waals surface area contributed by atoms with Gasteiger partial charge in [-0.3, -0.25) is 9.59 Å². The molecule has 0 radical (unpaired) electrons. The van der Waals surface area contributed by atoms with Gasteiger partial charge in [0.15, 0.2) is 5.82 Å². The van der Waals surface area contributed by atoms with E-state index in [-0.39, 0.29) is 35.6 Å². The second kappa shape index (κ2) is 9.29. The summed E-state index contributed by atoms with van der Waals surface area (Å²) in [6.07, 6.45) is 6.52. The fourth-order valence-electron chi connectivity index (χ4n) is 4.64. The second-order valence-electron chi connectivity index (χ2n) is 9.21. The van der Waals surface area contributed by atoms with E-state index < -0.39 is 0 Å². The number of anilines is 1. The van der Waals surface area contributed by atoms with Crippen LogP contribution in [0.3, 0.4) is 0 Å². The van der Waals surface area contributed by atoms with Crippen molar-refractivity contribution in [2.45, 2.75) is 65.5 Å². The van der Waals surface area contributed by atoms with Gasteiger partial charge in [0, 0.05) is 31.1 Å². The number of carbonyl (C=O) groups excluding carboxylic acids is 2. The molecule has 2 atom stereocenters. The fraction of sp³-hybridized carbons (Fsp3) is 0.440. The largest absolute Gasteiger partial charge is 0.354 e. The Morgan fingerprint density at radius 2 is 1.97 bits per heavy atom. The molecule has 0 spiro atoms. The Morgan fingerprint density at radius 3 is 2.70 bits per heavy atom. The Balaban J connectivity index is 1.59. The Labute approximate surface area is 192 Å². The predicted octanol–water partition coefficient (Wildman–Crippen LogP) is 4.76. The summed E-state index contributed by atoms with van der Waals surface area (Å²) in [6, 6.07) is 5.37. The lowest BCUT2D eigenvalue weighted by Crippen LogP contribution is -2.40. The molecule has 2 unspecified atom stereocenters. The number of imidazole rings is 1. The lowest BCUT2D eigenvalue weighted by molar-refractivity contribution is -0.123. The Kier molecular flexibility index (Phi) is 6.44. The van der Waals surface area contributed by atoms with Crippen LogP contribution in [0.1, 0.15) is 58.1 Å². The quantitative estimate of drug-likeness (QED) is 0.585. The molecule has 33 heavy (non-hydrogen) atoms. The van der Waals surface area contributed by atoms with E-state index in [1.54, 1.807) is 18.6 Å². The fourth-order valence-corrected chi connectivity index (χ4v) is 4.64. The van der Waals surface area contributed by atoms with E-state index in [0.29, 0.717) is 23.3 Å². The highest BCUT2D eigenvalue weighted by molar-refractivity contribution is 5.93. The van der Waals surface area contributed by atoms with E-state index in [0.717, 1.165) is 35.9 Å². The van der Waals surface area contributed by atoms with Crippen molar-refractivity contribution < 1.29 is 14.0 Å². The van der Waals surface area contributed by atoms with Gasteiger partial charge in [-0.2, -0.15) is 0 Å². The molecule has 0 aliphatic heterocycles. The third kappa shape index (κ3) is 4.89. The number of pyridine rings is 1. The van der Waals surface area contributed by atoms with Gasteiger partial charge in [-0.05, 0) is 74.9 Å². The summed E-state index contributed by atoms with van der Waals surface area (Å²) < 4.78 is 16.8. The molecule has 2 aromatic heterocycles. The SMILES string of the molecule is CC(=O)NC1CCCC(C(=O)Nc2cc(-c3cc(F)c4ncn(C(C)C)c4c3)c(C)cn2)C1. The minimum Gasteiger partial charge on any atom is -0.354 e. The zero-order valence-electron chi connectivity index (χ0n) is 19.5. The van der Waals surface area contributed by atoms with Gasteiger partial charge < -0.3 is 15.2 Å². The Bertz CT molecular complexity index is 1200. The normalized spacial score (nSPS) is 18.5. The van der Waals surface area contributed by atoms with Crippen molar-refractivity contribution >= 4 is 28.7 Å². The van der Waals surface area contributed by atoms with E-state index >= 15 is 0 Å². The van der Waals surface area contributed by atoms with Crippen molar-refractivity contribution in [2.75, 3.05) is 5.32 Å². The molecular weight excluding hydrogens is 421 g/mol. The van der Waals surface area contributed by atoms with Crippen LogP contribution in [0, 0.1) is 18.7 Å². The average molecular weight is 452 g/mol. The van der Waals surface area contributed by atoms with Crippen molar-refractivity contribution in [3.05, 3.63) is 42.1 Å². The number of amides is 2. The first-order chi connectivity index (χ1) is 15.7. The van der Waals surface area contributed by atoms with Gasteiger partial charge in [0.05, 0.1) is 11.8 Å². The number of hydrogen-bond acceptors (Lipinski definition) is 4. The summed E-state index contributed by atoms with van der Waals surface area (Å²) in [7, 11) is 0. The van der Waals surface area contributed by atoms with Crippen LogP contribution in [0.4, 0.5) is 10.2 Å². The number of nitrogens with zero attached hydrogens (tertiary/aromatic N) is 3. The number of aromatic nitrogens is 3. The van der Waals surface area contributed by atoms with Gasteiger partial charge in [-0.15, -0.1) is 0 Å². The minimum atomic E-state index is -0.380. The summed E-state index contributed by atoms with van der Waals surface area (Å²) in [5.41, 5.74) is 3.47. The summed E-state index contributed by atoms with van der Waals surface area (Å²) in [5, 5.41) is 5.85. The summed E-state index contributed by atoms with van der Waals surface area (Å²) >= 11 is 0. The molecule has 7 nitrogen and oxygen atoms in total. The highest BCUT2D eigenvalue weighted by Gasteiger charge is 2.28. The average Bonchev–Trinajstić information content (AvgIpc) is 3.20. The molecule has 2 N–H and O–H groups in total. The standard InChI is InChI=1S/C25H30FN5O2/c1-14(2)31-13-28-24-21(26)9-18(10-22(24)31)20-11-23(27-12-15(20)3)30-25(33)17-6-5-7-19(8-17)29-16(4)32/h9-14,17,19H,5-8H2,1-4H3,(H,29,32)(H,27,30,33). The van der Waals surface area contributed by atoms with Crippen molar-refractivity contribution in [2.24, 2.45) is 5.92 Å². The number of aryl methyl sites for hydroxylation is 1. The van der Waals surface area contributed by atoms with Crippen molar-refractivity contribution in [1.29, 1.82) is 0 Å². The second-order valence-corrected chi connectivity index (χ2v) is 9.21. The van der Waals surface area contributed by atoms with Gasteiger partial charge >= 0.3 is 0 Å². The molecule has 1 fully saturated rings. The molecule has 1 aromatic carbocycles. The van der Waals surface area contributed by atoms with Gasteiger partial charge in [0.1, 0.15) is 11.3 Å². The van der Waals surface area contributed by atoms with Crippen molar-refractivity contribution in [3.63, 3.8) is 0 Å². The zero-order valence-corrected chi connectivity index (χ0v) is 19.5. The predicted molar refractivity (Wildman–Crippen MR) is 126 cm³/mol. The number of halogens is 1. The summed E-state index contributed by atoms with van der Waals surface area (Å²) in [5.74, 6) is -0.313. The molecule has 1 saturated carbocycles. The topological polar surface area (TPSA) is 88.9 Å². The summed E-state index contributed by atoms with van der Waals surface area (Å²) in [6.45, 7) is 7.46. The highest BCUT2D eigenvalue weighted by Crippen LogP contribution is 2.31. The van der Waals surface area contributed by atoms with Crippen LogP contribution < -0.4 is 10.6 Å². The smallest absolute Gasteiger partial charge is 0.228 e. The minimum absolute atomic E-state index is 0.0223. The first-order valence-electron chi connectivity index (χ1n) is 11.4. The molecule has 2 amide bonds. The van der Waals surface area contributed by atoms with E-state index in [1.165, 1.54) is 13.0 Å². The maximum atomic E-state index is 14.8. The number of rotatable bonds is 5. The van der Waals surface area contributed by atoms with Crippen molar-refractivity contribution in [3.8, 4) is 11.1 Å². The third-order valence-corrected chi connectivity index (χ3v) is 6.31. The molecule has 3 aromatic rings. The third-order valence-electron chi connectivity index (χ3n) is 6.31. The Hall–Kier alpha value is -3.29. The van der Waals surface area contributed by atoms with Crippen LogP contribution in [-0.2, 0) is 9.59 Å². The first kappa shape index (κ1) is 22.9. The molecule has 0 saturated heterocycles. The van der Waals surface area contributed by atoms with Crippen LogP contribution in [0.25, 0.3) is 22.2 Å². The lowest BCUT2D eigenvalue weighted by atomic mass is 9.85. The molecule has 8 heteroatoms. The van der Waals surface area contributed by atoms with Gasteiger partial charge in [-0.25, -0.2) is 14.4 Å². The number of benzene rings is 1. The number of fused-ring (bicyclic) bond motifs is 1. The number of nitrogens with one attached hydrogen (secondary N) is 2. The highest BCUT2D eigenvalue weighted by atomic mass is 19.1. The monoisotopic (exact) mass is 451 g/mol. The maximum Gasteiger partial charge on any atom is 0.228 e. The van der Waals surface area contributed by atoms with E-state index in [4.69, 9.17) is 0 Å². The molecule has 4 rings (SSSR count).